The van der Waals surface area contributed by atoms with Crippen molar-refractivity contribution in [2.24, 2.45) is 0 Å². The highest BCUT2D eigenvalue weighted by Crippen LogP contribution is 2.24. The molecule has 0 saturated carbocycles. The molecule has 0 atom stereocenters. The Morgan fingerprint density at radius 3 is 2.81 bits per heavy atom. The fourth-order valence-electron chi connectivity index (χ4n) is 2.91. The van der Waals surface area contributed by atoms with Crippen molar-refractivity contribution < 1.29 is 4.79 Å². The number of thioether (sulfide) groups is 1. The zero-order valence-electron chi connectivity index (χ0n) is 14.7. The summed E-state index contributed by atoms with van der Waals surface area (Å²) in [5.74, 6) is 0.968. The first-order chi connectivity index (χ1) is 12.6. The number of aryl methyl sites for hydroxylation is 3. The van der Waals surface area contributed by atoms with Gasteiger partial charge in [-0.3, -0.25) is 9.78 Å². The van der Waals surface area contributed by atoms with Crippen LogP contribution in [-0.4, -0.2) is 31.2 Å². The Bertz CT molecular complexity index is 943. The molecule has 132 valence electrons. The summed E-state index contributed by atoms with van der Waals surface area (Å²) in [7, 11) is 0. The van der Waals surface area contributed by atoms with Crippen molar-refractivity contribution in [2.75, 3.05) is 5.75 Å². The fraction of sp³-hybridized carbons (Fsp3) is 0.263. The maximum Gasteiger partial charge on any atom is 0.251 e. The summed E-state index contributed by atoms with van der Waals surface area (Å²) in [5, 5.41) is 3.97. The van der Waals surface area contributed by atoms with E-state index >= 15 is 0 Å². The van der Waals surface area contributed by atoms with E-state index in [0.29, 0.717) is 12.1 Å². The maximum atomic E-state index is 12.4. The van der Waals surface area contributed by atoms with Crippen LogP contribution in [0.3, 0.4) is 0 Å². The molecule has 1 amide bonds. The van der Waals surface area contributed by atoms with Gasteiger partial charge in [-0.25, -0.2) is 9.97 Å². The molecule has 4 rings (SSSR count). The number of fused-ring (bicyclic) bond motifs is 1. The van der Waals surface area contributed by atoms with E-state index in [1.54, 1.807) is 18.0 Å². The van der Waals surface area contributed by atoms with Crippen molar-refractivity contribution in [3.8, 4) is 11.3 Å². The second kappa shape index (κ2) is 6.92. The number of nitrogens with one attached hydrogen (secondary N) is 1. The summed E-state index contributed by atoms with van der Waals surface area (Å²) in [5.41, 5.74) is 5.06. The predicted octanol–water partition coefficient (Wildman–Crippen LogP) is 2.99. The molecule has 0 unspecified atom stereocenters. The summed E-state index contributed by atoms with van der Waals surface area (Å²) >= 11 is 1.75. The van der Waals surface area contributed by atoms with Gasteiger partial charge in [-0.15, -0.1) is 0 Å². The molecule has 1 N–H and O–H groups in total. The van der Waals surface area contributed by atoms with Gasteiger partial charge in [-0.05, 0) is 26.0 Å². The highest BCUT2D eigenvalue weighted by atomic mass is 32.2. The average Bonchev–Trinajstić information content (AvgIpc) is 3.23. The molecule has 1 aliphatic heterocycles. The molecule has 0 radical (unpaired) electrons. The lowest BCUT2D eigenvalue weighted by atomic mass is 10.1. The van der Waals surface area contributed by atoms with E-state index in [4.69, 9.17) is 0 Å². The molecule has 0 aliphatic carbocycles. The standard InChI is InChI=1S/C19H19N5OS/c1-12-9-20-13(2)17(22-12)14-3-5-15(6-4-14)18(25)21-10-16-11-24-7-8-26-19(24)23-16/h3-6,9,11H,7-8,10H2,1-2H3,(H,21,25). The van der Waals surface area contributed by atoms with Crippen LogP contribution in [0, 0.1) is 13.8 Å². The Hall–Kier alpha value is -2.67. The molecule has 3 heterocycles. The maximum absolute atomic E-state index is 12.4. The van der Waals surface area contributed by atoms with E-state index in [1.165, 1.54) is 0 Å². The third-order valence-corrected chi connectivity index (χ3v) is 5.25. The van der Waals surface area contributed by atoms with E-state index in [-0.39, 0.29) is 5.91 Å². The molecule has 0 saturated heterocycles. The summed E-state index contributed by atoms with van der Waals surface area (Å²) in [4.78, 5) is 25.8. The first kappa shape index (κ1) is 16.8. The van der Waals surface area contributed by atoms with Gasteiger partial charge < -0.3 is 9.88 Å². The summed E-state index contributed by atoms with van der Waals surface area (Å²) in [6.45, 7) is 5.28. The number of amides is 1. The number of aromatic nitrogens is 4. The number of hydrogen-bond acceptors (Lipinski definition) is 5. The Balaban J connectivity index is 1.44. The predicted molar refractivity (Wildman–Crippen MR) is 101 cm³/mol. The van der Waals surface area contributed by atoms with E-state index in [9.17, 15) is 4.79 Å². The number of hydrogen-bond donors (Lipinski definition) is 1. The van der Waals surface area contributed by atoms with E-state index in [2.05, 4.69) is 24.8 Å². The number of benzene rings is 1. The molecule has 0 fully saturated rings. The minimum absolute atomic E-state index is 0.107. The Morgan fingerprint density at radius 2 is 2.04 bits per heavy atom. The zero-order chi connectivity index (χ0) is 18.1. The van der Waals surface area contributed by atoms with Gasteiger partial charge in [0, 0.05) is 35.8 Å². The van der Waals surface area contributed by atoms with E-state index in [1.807, 2.05) is 44.3 Å². The largest absolute Gasteiger partial charge is 0.346 e. The molecule has 0 spiro atoms. The molecule has 26 heavy (non-hydrogen) atoms. The van der Waals surface area contributed by atoms with Gasteiger partial charge in [0.2, 0.25) is 0 Å². The highest BCUT2D eigenvalue weighted by Gasteiger charge is 2.15. The van der Waals surface area contributed by atoms with Crippen LogP contribution in [0.2, 0.25) is 0 Å². The van der Waals surface area contributed by atoms with Gasteiger partial charge in [-0.2, -0.15) is 0 Å². The lowest BCUT2D eigenvalue weighted by Crippen LogP contribution is -2.22. The third-order valence-electron chi connectivity index (χ3n) is 4.28. The van der Waals surface area contributed by atoms with Crippen LogP contribution in [0.15, 0.2) is 41.8 Å². The van der Waals surface area contributed by atoms with Gasteiger partial charge >= 0.3 is 0 Å². The lowest BCUT2D eigenvalue weighted by Gasteiger charge is -2.07. The van der Waals surface area contributed by atoms with Crippen molar-refractivity contribution >= 4 is 17.7 Å². The Kier molecular flexibility index (Phi) is 4.46. The lowest BCUT2D eigenvalue weighted by molar-refractivity contribution is 0.0950. The molecule has 6 nitrogen and oxygen atoms in total. The van der Waals surface area contributed by atoms with Crippen LogP contribution in [-0.2, 0) is 13.1 Å². The average molecular weight is 365 g/mol. The van der Waals surface area contributed by atoms with Crippen LogP contribution in [0.4, 0.5) is 0 Å². The highest BCUT2D eigenvalue weighted by molar-refractivity contribution is 7.99. The van der Waals surface area contributed by atoms with Crippen LogP contribution in [0.25, 0.3) is 11.3 Å². The number of imidazole rings is 1. The first-order valence-electron chi connectivity index (χ1n) is 8.48. The molecule has 3 aromatic rings. The Labute approximate surface area is 156 Å². The minimum atomic E-state index is -0.107. The molecule has 0 bridgehead atoms. The van der Waals surface area contributed by atoms with Crippen LogP contribution in [0.1, 0.15) is 27.4 Å². The molecule has 1 aromatic carbocycles. The second-order valence-electron chi connectivity index (χ2n) is 6.26. The van der Waals surface area contributed by atoms with E-state index in [0.717, 1.165) is 45.8 Å². The molecule has 2 aromatic heterocycles. The monoisotopic (exact) mass is 365 g/mol. The molecular formula is C19H19N5OS. The normalized spacial score (nSPS) is 12.8. The first-order valence-corrected chi connectivity index (χ1v) is 9.46. The number of rotatable bonds is 4. The van der Waals surface area contributed by atoms with Crippen molar-refractivity contribution in [1.29, 1.82) is 0 Å². The van der Waals surface area contributed by atoms with Crippen molar-refractivity contribution in [3.05, 3.63) is 59.3 Å². The number of nitrogens with zero attached hydrogens (tertiary/aromatic N) is 4. The van der Waals surface area contributed by atoms with Crippen molar-refractivity contribution in [1.82, 2.24) is 24.8 Å². The fourth-order valence-corrected chi connectivity index (χ4v) is 3.87. The topological polar surface area (TPSA) is 72.7 Å². The smallest absolute Gasteiger partial charge is 0.251 e. The van der Waals surface area contributed by atoms with Crippen LogP contribution in [0.5, 0.6) is 0 Å². The summed E-state index contributed by atoms with van der Waals surface area (Å²) in [6.07, 6.45) is 3.77. The number of carbonyl (C=O) groups excluding carboxylic acids is 1. The van der Waals surface area contributed by atoms with Gasteiger partial charge in [0.15, 0.2) is 5.16 Å². The van der Waals surface area contributed by atoms with Crippen molar-refractivity contribution in [2.45, 2.75) is 32.1 Å². The van der Waals surface area contributed by atoms with Crippen LogP contribution < -0.4 is 5.32 Å². The van der Waals surface area contributed by atoms with Crippen molar-refractivity contribution in [3.63, 3.8) is 0 Å². The Morgan fingerprint density at radius 1 is 1.23 bits per heavy atom. The summed E-state index contributed by atoms with van der Waals surface area (Å²) < 4.78 is 2.13. The van der Waals surface area contributed by atoms with Gasteiger partial charge in [0.25, 0.3) is 5.91 Å². The minimum Gasteiger partial charge on any atom is -0.346 e. The zero-order valence-corrected chi connectivity index (χ0v) is 15.5. The van der Waals surface area contributed by atoms with Crippen LogP contribution >= 0.6 is 11.8 Å². The quantitative estimate of drug-likeness (QED) is 0.769. The van der Waals surface area contributed by atoms with Gasteiger partial charge in [0.1, 0.15) is 0 Å². The SMILES string of the molecule is Cc1cnc(C)c(-c2ccc(C(=O)NCc3cn4c(n3)SCC4)cc2)n1. The second-order valence-corrected chi connectivity index (χ2v) is 7.32. The van der Waals surface area contributed by atoms with Gasteiger partial charge in [-0.1, -0.05) is 23.9 Å². The third kappa shape index (κ3) is 3.35. The molecule has 7 heteroatoms. The number of carbonyl (C=O) groups is 1. The van der Waals surface area contributed by atoms with Gasteiger partial charge in [0.05, 0.1) is 29.3 Å². The van der Waals surface area contributed by atoms with E-state index < -0.39 is 0 Å². The summed E-state index contributed by atoms with van der Waals surface area (Å²) in [6, 6.07) is 7.45. The molecule has 1 aliphatic rings. The molecular weight excluding hydrogens is 346 g/mol.